The van der Waals surface area contributed by atoms with Crippen molar-refractivity contribution in [3.05, 3.63) is 304 Å². The molecule has 0 atom stereocenters. The van der Waals surface area contributed by atoms with Crippen molar-refractivity contribution in [2.24, 2.45) is 20.8 Å². The van der Waals surface area contributed by atoms with E-state index >= 15 is 0 Å². The second-order valence-electron chi connectivity index (χ2n) is 26.6. The molecule has 556 valence electrons. The van der Waals surface area contributed by atoms with Gasteiger partial charge in [0.25, 0.3) is 0 Å². The van der Waals surface area contributed by atoms with E-state index in [2.05, 4.69) is 120 Å². The number of ether oxygens (including phenoxy) is 1. The number of nitriles is 2. The summed E-state index contributed by atoms with van der Waals surface area (Å²) in [6.07, 6.45) is 0. The van der Waals surface area contributed by atoms with Gasteiger partial charge < -0.3 is 50.4 Å². The molecule has 25 heteroatoms. The van der Waals surface area contributed by atoms with Gasteiger partial charge in [-0.3, -0.25) is 9.98 Å². The number of aromatic hydroxyl groups is 3. The summed E-state index contributed by atoms with van der Waals surface area (Å²) in [6.45, 7) is 24.2. The molecule has 114 heavy (non-hydrogen) atoms. The number of nitrogens with zero attached hydrogens (tertiary/aromatic N) is 7. The molecule has 9 aromatic carbocycles. The summed E-state index contributed by atoms with van der Waals surface area (Å²) in [4.78, 5) is 25.3. The number of aryl methyl sites for hydroxylation is 6. The Hall–Kier alpha value is -10.7. The number of benzene rings is 9. The summed E-state index contributed by atoms with van der Waals surface area (Å²) >= 11 is 2.92. The summed E-state index contributed by atoms with van der Waals surface area (Å²) in [5.74, 6) is 6.61. The topological polar surface area (TPSA) is 289 Å². The Labute approximate surface area is 723 Å². The van der Waals surface area contributed by atoms with Gasteiger partial charge in [-0.1, -0.05) is 185 Å². The molecule has 0 unspecified atom stereocenters. The molecule has 4 aromatic heterocycles. The fraction of sp³-hybridized carbons (Fsp3) is 0.169. The monoisotopic (exact) mass is 1690 g/mol. The molecule has 6 heterocycles. The van der Waals surface area contributed by atoms with Gasteiger partial charge in [0.05, 0.1) is 69.4 Å². The average Bonchev–Trinajstić information content (AvgIpc) is 1.59. The molecule has 0 bridgehead atoms. The second kappa shape index (κ2) is 41.9. The smallest absolute Gasteiger partial charge is 0.872 e. The molecule has 0 spiro atoms. The van der Waals surface area contributed by atoms with Gasteiger partial charge in [-0.15, -0.1) is 0 Å². The number of phenolic OH excluding ortho intramolecular Hbond substituents is 3. The Kier molecular flexibility index (Phi) is 33.9. The molecule has 0 fully saturated rings. The van der Waals surface area contributed by atoms with Gasteiger partial charge >= 0.3 is 49.3 Å². The van der Waals surface area contributed by atoms with Crippen molar-refractivity contribution in [3.8, 4) is 109 Å². The molecule has 0 amide bonds. The van der Waals surface area contributed by atoms with Crippen LogP contribution in [0.3, 0.4) is 0 Å². The number of rotatable bonds is 12. The van der Waals surface area contributed by atoms with Gasteiger partial charge in [0.2, 0.25) is 29.1 Å². The first-order valence-corrected chi connectivity index (χ1v) is 36.2. The van der Waals surface area contributed by atoms with Crippen LogP contribution >= 0.6 is 0 Å². The average molecular weight is 1700 g/mol. The molecule has 4 N–H and O–H groups in total. The number of hydrogen-bond donors (Lipinski definition) is 3. The predicted molar refractivity (Wildman–Crippen MR) is 434 cm³/mol. The van der Waals surface area contributed by atoms with Crippen molar-refractivity contribution < 1.29 is 114 Å². The van der Waals surface area contributed by atoms with Crippen molar-refractivity contribution >= 4 is 66.1 Å². The zero-order valence-electron chi connectivity index (χ0n) is 66.3. The maximum atomic E-state index is 11.5. The quantitative estimate of drug-likeness (QED) is 0.0958. The van der Waals surface area contributed by atoms with Crippen LogP contribution in [0.25, 0.3) is 68.2 Å². The van der Waals surface area contributed by atoms with Crippen LogP contribution in [0, 0.1) is 75.0 Å². The molecule has 0 saturated heterocycles. The number of para-hydroxylation sites is 4. The molecule has 13 aromatic rings. The zero-order chi connectivity index (χ0) is 79.0. The molecule has 0 saturated carbocycles. The summed E-state index contributed by atoms with van der Waals surface area (Å²) in [6, 6.07) is 74.2. The van der Waals surface area contributed by atoms with Gasteiger partial charge in [-0.25, -0.2) is 9.97 Å². The first kappa shape index (κ1) is 92.2. The number of methoxy groups -OCH3 is 1. The minimum Gasteiger partial charge on any atom is -0.872 e. The maximum Gasteiger partial charge on any atom is 2.00 e. The van der Waals surface area contributed by atoms with Gasteiger partial charge in [-0.2, -0.15) is 20.5 Å². The molecule has 2 aliphatic rings. The third kappa shape index (κ3) is 21.6. The number of oxazole rings is 4. The number of hydrogen-bond acceptors (Lipinski definition) is 18. The molecular formula is C89H82Al2BeN8O11Zn3+2. The van der Waals surface area contributed by atoms with Crippen molar-refractivity contribution in [2.45, 2.75) is 83.1 Å². The van der Waals surface area contributed by atoms with Crippen molar-refractivity contribution in [1.82, 2.24) is 15.0 Å². The fourth-order valence-electron chi connectivity index (χ4n) is 12.1. The summed E-state index contributed by atoms with van der Waals surface area (Å²) in [7, 11) is 1.62. The van der Waals surface area contributed by atoms with Crippen LogP contribution < -0.4 is 22.4 Å². The number of nitrogens with one attached hydrogen (secondary N) is 1. The number of aromatic nitrogens is 4. The third-order valence-electron chi connectivity index (χ3n) is 18.7. The molecule has 0 aliphatic carbocycles. The van der Waals surface area contributed by atoms with Crippen molar-refractivity contribution in [3.63, 3.8) is 0 Å². The van der Waals surface area contributed by atoms with Crippen LogP contribution in [0.5, 0.6) is 40.2 Å². The van der Waals surface area contributed by atoms with Gasteiger partial charge in [-0.05, 0) is 142 Å². The van der Waals surface area contributed by atoms with E-state index in [-0.39, 0.29) is 114 Å². The largest absolute Gasteiger partial charge is 2.00 e. The zero-order valence-corrected chi connectivity index (χ0v) is 78.1. The van der Waals surface area contributed by atoms with Gasteiger partial charge in [0.1, 0.15) is 46.7 Å². The summed E-state index contributed by atoms with van der Waals surface area (Å²) in [5.41, 5.74) is 17.5. The molecule has 2 radical (unpaired) electrons. The van der Waals surface area contributed by atoms with Crippen molar-refractivity contribution in [2.75, 3.05) is 7.11 Å². The number of allylic oxidation sites excluding steroid dienone is 3. The fourth-order valence-corrected chi connectivity index (χ4v) is 12.6. The minimum atomic E-state index is -0.246. The molecule has 2 aliphatic heterocycles. The van der Waals surface area contributed by atoms with E-state index in [9.17, 15) is 20.4 Å². The van der Waals surface area contributed by atoms with Crippen LogP contribution in [-0.4, -0.2) is 92.2 Å². The first-order chi connectivity index (χ1) is 52.8. The standard InChI is InChI=1S/C24H21NO.C17H15NO2.C14H17NO.C12H13NO3.C11H5N3O2.C11H11NO2.2Al.Be.3Zn.2H/c1-24(2)21(17-11-5-3-6-12-17)22(18-13-7-4-8-14-18)25-23(24)19-15-9-10-16-20(19)26;1-11-12(2)20-17(18-11)15-10-14(8-9-16(15)19)13-6-4-3-5-7-13;1-9-10(2)15-13(14(9,3)4)11-7-5-6-8-12(11)16;1-7-8(2)16-12(13-7)10-6-9(15-3)4-5-11(10)14;12-5-8-10(6-13)16-11(14-8)7-3-1-2-4-9(7)15;1-7-8(2)14-11(12-7)9-5-3-4-6-10(9)13;;;;;;;;/h3-16,26H,1-2H3;3-10,19H,1-2H3;5-8,16H,1-4H3;4-6,14H,1-3H3;1-4,15H;3-6,13H,1-2H3;;;;;;;;/q;;;;;;2*+1;+2;;;;;/p-2. The van der Waals surface area contributed by atoms with E-state index in [1.54, 1.807) is 61.7 Å². The van der Waals surface area contributed by atoms with Crippen LogP contribution in [-0.2, 0) is 58.4 Å². The first-order valence-electron chi connectivity index (χ1n) is 35.1. The Morgan fingerprint density at radius 3 is 1.40 bits per heavy atom. The van der Waals surface area contributed by atoms with Crippen LogP contribution in [0.4, 0.5) is 0 Å². The van der Waals surface area contributed by atoms with E-state index in [0.717, 1.165) is 108 Å². The SMILES string of the molecule is CC1(C)C(c2ccccc2[O][AlH])=NC(c2ccccc2)=C1c1ccccc1.CC1=C(C)C(C)(C)C(c2ccccc2O)=N1.COc1ccc([O][AlH])c(-c2nc(C)c(C)o2)c1.Cc1[nH+]c(-c2ccccc2[O-])oc1C.Cc1nc(-c2cc(-c3ccccc3)ccc2O)oc1C.N#Cc1nc(-c2ccccc2O)oc1C#N.[Be+2].[Zn].[Zn].[Zn]. The van der Waals surface area contributed by atoms with Crippen LogP contribution in [0.1, 0.15) is 110 Å². The maximum absolute atomic E-state index is 11.5. The minimum absolute atomic E-state index is 0. The number of H-pyrrole nitrogens is 1. The predicted octanol–water partition coefficient (Wildman–Crippen LogP) is 18.1. The normalized spacial score (nSPS) is 12.3. The third-order valence-corrected chi connectivity index (χ3v) is 19.4. The number of phenols is 3. The van der Waals surface area contributed by atoms with Crippen LogP contribution in [0.2, 0.25) is 0 Å². The van der Waals surface area contributed by atoms with Crippen LogP contribution in [0.15, 0.2) is 263 Å². The number of aromatic amines is 1. The van der Waals surface area contributed by atoms with E-state index in [4.69, 9.17) is 45.5 Å². The van der Waals surface area contributed by atoms with E-state index in [1.807, 2.05) is 158 Å². The second-order valence-corrected chi connectivity index (χ2v) is 27.2. The Morgan fingerprint density at radius 2 is 0.921 bits per heavy atom. The Bertz CT molecular complexity index is 5580. The Balaban J connectivity index is 0.000000214. The van der Waals surface area contributed by atoms with E-state index in [1.165, 1.54) is 62.1 Å². The van der Waals surface area contributed by atoms with Crippen molar-refractivity contribution in [1.29, 1.82) is 10.5 Å². The molecular weight excluding hydrogens is 1620 g/mol. The number of aliphatic imine (C=N–C) groups is 2. The van der Waals surface area contributed by atoms with E-state index in [0.29, 0.717) is 40.1 Å². The molecule has 19 nitrogen and oxygen atoms in total. The van der Waals surface area contributed by atoms with Gasteiger partial charge in [0, 0.05) is 105 Å². The van der Waals surface area contributed by atoms with Gasteiger partial charge in [0.15, 0.2) is 11.5 Å². The van der Waals surface area contributed by atoms with E-state index < -0.39 is 0 Å². The Morgan fingerprint density at radius 1 is 0.447 bits per heavy atom. The summed E-state index contributed by atoms with van der Waals surface area (Å²) < 4.78 is 37.9. The molecule has 15 rings (SSSR count). The summed E-state index contributed by atoms with van der Waals surface area (Å²) in [5, 5.41) is 58.3.